The molecule has 1 heterocycles. The summed E-state index contributed by atoms with van der Waals surface area (Å²) in [7, 11) is 1.52. The zero-order valence-electron chi connectivity index (χ0n) is 9.97. The SMILES string of the molecule is COCC(=O)c1cccc2oc3ccccc3c12. The first kappa shape index (κ1) is 11.0. The predicted octanol–water partition coefficient (Wildman–Crippen LogP) is 3.42. The Morgan fingerprint density at radius 1 is 1.11 bits per heavy atom. The molecule has 0 amide bonds. The number of furan rings is 1. The fourth-order valence-corrected chi connectivity index (χ4v) is 2.22. The summed E-state index contributed by atoms with van der Waals surface area (Å²) in [5.41, 5.74) is 2.18. The molecule has 18 heavy (non-hydrogen) atoms. The predicted molar refractivity (Wildman–Crippen MR) is 69.9 cm³/mol. The van der Waals surface area contributed by atoms with E-state index in [4.69, 9.17) is 9.15 Å². The van der Waals surface area contributed by atoms with Gasteiger partial charge in [-0.1, -0.05) is 30.3 Å². The van der Waals surface area contributed by atoms with E-state index < -0.39 is 0 Å². The highest BCUT2D eigenvalue weighted by Crippen LogP contribution is 2.31. The van der Waals surface area contributed by atoms with E-state index in [0.29, 0.717) is 5.56 Å². The lowest BCUT2D eigenvalue weighted by Crippen LogP contribution is -2.07. The normalized spacial score (nSPS) is 11.2. The standard InChI is InChI=1S/C15H12O3/c1-17-9-12(16)10-6-4-8-14-15(10)11-5-2-3-7-13(11)18-14/h2-8H,9H2,1H3. The van der Waals surface area contributed by atoms with Crippen molar-refractivity contribution in [3.05, 3.63) is 48.0 Å². The minimum absolute atomic E-state index is 0.0327. The first-order valence-electron chi connectivity index (χ1n) is 5.73. The molecule has 3 aromatic rings. The number of rotatable bonds is 3. The lowest BCUT2D eigenvalue weighted by Gasteiger charge is -2.01. The molecular formula is C15H12O3. The Balaban J connectivity index is 2.35. The molecule has 0 aliphatic rings. The number of Topliss-reactive ketones (excluding diaryl/α,β-unsaturated/α-hetero) is 1. The maximum absolute atomic E-state index is 12.0. The van der Waals surface area contributed by atoms with Gasteiger partial charge in [-0.15, -0.1) is 0 Å². The second-order valence-electron chi connectivity index (χ2n) is 4.13. The lowest BCUT2D eigenvalue weighted by atomic mass is 10.0. The zero-order chi connectivity index (χ0) is 12.5. The Bertz CT molecular complexity index is 725. The number of fused-ring (bicyclic) bond motifs is 3. The van der Waals surface area contributed by atoms with Crippen molar-refractivity contribution in [3.8, 4) is 0 Å². The average molecular weight is 240 g/mol. The van der Waals surface area contributed by atoms with E-state index >= 15 is 0 Å². The van der Waals surface area contributed by atoms with Crippen molar-refractivity contribution in [2.75, 3.05) is 13.7 Å². The number of methoxy groups -OCH3 is 1. The summed E-state index contributed by atoms with van der Waals surface area (Å²) in [5, 5.41) is 1.84. The number of benzene rings is 2. The van der Waals surface area contributed by atoms with Crippen LogP contribution in [-0.4, -0.2) is 19.5 Å². The van der Waals surface area contributed by atoms with Gasteiger partial charge in [0.25, 0.3) is 0 Å². The van der Waals surface area contributed by atoms with Crippen molar-refractivity contribution < 1.29 is 13.9 Å². The van der Waals surface area contributed by atoms with E-state index in [1.54, 1.807) is 0 Å². The Morgan fingerprint density at radius 3 is 2.72 bits per heavy atom. The van der Waals surface area contributed by atoms with Crippen LogP contribution < -0.4 is 0 Å². The molecule has 3 heteroatoms. The smallest absolute Gasteiger partial charge is 0.189 e. The maximum Gasteiger partial charge on any atom is 0.189 e. The third-order valence-electron chi connectivity index (χ3n) is 2.98. The van der Waals surface area contributed by atoms with Gasteiger partial charge in [0.15, 0.2) is 5.78 Å². The molecule has 0 atom stereocenters. The molecule has 0 aliphatic heterocycles. The van der Waals surface area contributed by atoms with Gasteiger partial charge in [0, 0.05) is 23.4 Å². The van der Waals surface area contributed by atoms with Crippen LogP contribution in [0.3, 0.4) is 0 Å². The highest BCUT2D eigenvalue weighted by molar-refractivity contribution is 6.17. The van der Waals surface area contributed by atoms with Crippen molar-refractivity contribution in [1.29, 1.82) is 0 Å². The summed E-state index contributed by atoms with van der Waals surface area (Å²) in [5.74, 6) is -0.0327. The summed E-state index contributed by atoms with van der Waals surface area (Å²) in [4.78, 5) is 12.0. The fourth-order valence-electron chi connectivity index (χ4n) is 2.22. The van der Waals surface area contributed by atoms with Gasteiger partial charge in [0.1, 0.15) is 17.8 Å². The molecular weight excluding hydrogens is 228 g/mol. The van der Waals surface area contributed by atoms with Gasteiger partial charge in [-0.3, -0.25) is 4.79 Å². The van der Waals surface area contributed by atoms with Crippen LogP contribution in [0.15, 0.2) is 46.9 Å². The second kappa shape index (κ2) is 4.27. The van der Waals surface area contributed by atoms with Crippen LogP contribution in [0.5, 0.6) is 0 Å². The van der Waals surface area contributed by atoms with E-state index in [9.17, 15) is 4.79 Å². The number of ether oxygens (including phenoxy) is 1. The summed E-state index contributed by atoms with van der Waals surface area (Å²) < 4.78 is 10.6. The van der Waals surface area contributed by atoms with Gasteiger partial charge in [0.05, 0.1) is 0 Å². The van der Waals surface area contributed by atoms with Crippen LogP contribution in [0.25, 0.3) is 21.9 Å². The molecule has 2 aromatic carbocycles. The second-order valence-corrected chi connectivity index (χ2v) is 4.13. The van der Waals surface area contributed by atoms with Crippen molar-refractivity contribution in [2.24, 2.45) is 0 Å². The fraction of sp³-hybridized carbons (Fsp3) is 0.133. The highest BCUT2D eigenvalue weighted by atomic mass is 16.5. The Kier molecular flexibility index (Phi) is 2.61. The van der Waals surface area contributed by atoms with Gasteiger partial charge in [-0.05, 0) is 12.1 Å². The zero-order valence-corrected chi connectivity index (χ0v) is 9.97. The average Bonchev–Trinajstić information content (AvgIpc) is 2.77. The van der Waals surface area contributed by atoms with Crippen LogP contribution in [0, 0.1) is 0 Å². The Morgan fingerprint density at radius 2 is 1.89 bits per heavy atom. The van der Waals surface area contributed by atoms with Gasteiger partial charge in [-0.2, -0.15) is 0 Å². The minimum Gasteiger partial charge on any atom is -0.456 e. The number of hydrogen-bond acceptors (Lipinski definition) is 3. The molecule has 0 radical (unpaired) electrons. The van der Waals surface area contributed by atoms with Gasteiger partial charge in [0.2, 0.25) is 0 Å². The summed E-state index contributed by atoms with van der Waals surface area (Å²) >= 11 is 0. The number of carbonyl (C=O) groups is 1. The number of para-hydroxylation sites is 1. The topological polar surface area (TPSA) is 39.4 Å². The van der Waals surface area contributed by atoms with Crippen LogP contribution in [-0.2, 0) is 4.74 Å². The summed E-state index contributed by atoms with van der Waals surface area (Å²) in [6.07, 6.45) is 0. The number of hydrogen-bond donors (Lipinski definition) is 0. The molecule has 90 valence electrons. The third-order valence-corrected chi connectivity index (χ3v) is 2.98. The largest absolute Gasteiger partial charge is 0.456 e. The van der Waals surface area contributed by atoms with E-state index in [-0.39, 0.29) is 12.4 Å². The van der Waals surface area contributed by atoms with Gasteiger partial charge >= 0.3 is 0 Å². The van der Waals surface area contributed by atoms with E-state index in [2.05, 4.69) is 0 Å². The molecule has 0 aliphatic carbocycles. The molecule has 0 bridgehead atoms. The molecule has 3 nitrogen and oxygen atoms in total. The van der Waals surface area contributed by atoms with Crippen LogP contribution in [0.2, 0.25) is 0 Å². The number of carbonyl (C=O) groups excluding carboxylic acids is 1. The molecule has 0 spiro atoms. The van der Waals surface area contributed by atoms with Crippen molar-refractivity contribution in [1.82, 2.24) is 0 Å². The van der Waals surface area contributed by atoms with Gasteiger partial charge < -0.3 is 9.15 Å². The Hall–Kier alpha value is -2.13. The van der Waals surface area contributed by atoms with Crippen LogP contribution in [0.1, 0.15) is 10.4 Å². The van der Waals surface area contributed by atoms with Crippen molar-refractivity contribution >= 4 is 27.7 Å². The van der Waals surface area contributed by atoms with E-state index in [1.165, 1.54) is 7.11 Å². The molecule has 0 fully saturated rings. The van der Waals surface area contributed by atoms with Crippen molar-refractivity contribution in [2.45, 2.75) is 0 Å². The monoisotopic (exact) mass is 240 g/mol. The Labute approximate surface area is 104 Å². The first-order chi connectivity index (χ1) is 8.81. The van der Waals surface area contributed by atoms with Crippen molar-refractivity contribution in [3.63, 3.8) is 0 Å². The maximum atomic E-state index is 12.0. The summed E-state index contributed by atoms with van der Waals surface area (Å²) in [6.45, 7) is 0.0820. The van der Waals surface area contributed by atoms with Crippen LogP contribution >= 0.6 is 0 Å². The first-order valence-corrected chi connectivity index (χ1v) is 5.73. The number of ketones is 1. The molecule has 0 saturated carbocycles. The lowest BCUT2D eigenvalue weighted by molar-refractivity contribution is 0.0850. The highest BCUT2D eigenvalue weighted by Gasteiger charge is 2.15. The molecule has 3 rings (SSSR count). The molecule has 0 saturated heterocycles. The third kappa shape index (κ3) is 1.60. The molecule has 0 N–H and O–H groups in total. The van der Waals surface area contributed by atoms with Gasteiger partial charge in [-0.25, -0.2) is 0 Å². The van der Waals surface area contributed by atoms with E-state index in [1.807, 2.05) is 42.5 Å². The quantitative estimate of drug-likeness (QED) is 0.658. The van der Waals surface area contributed by atoms with Crippen LogP contribution in [0.4, 0.5) is 0 Å². The molecule has 0 unspecified atom stereocenters. The van der Waals surface area contributed by atoms with E-state index in [0.717, 1.165) is 21.9 Å². The molecule has 1 aromatic heterocycles. The summed E-state index contributed by atoms with van der Waals surface area (Å²) in [6, 6.07) is 13.2. The minimum atomic E-state index is -0.0327.